The summed E-state index contributed by atoms with van der Waals surface area (Å²) in [5.41, 5.74) is 3.58. The van der Waals surface area contributed by atoms with E-state index in [-0.39, 0.29) is 5.56 Å². The van der Waals surface area contributed by atoms with Crippen molar-refractivity contribution in [2.75, 3.05) is 0 Å². The number of nitrogens with zero attached hydrogens (tertiary/aromatic N) is 3. The van der Waals surface area contributed by atoms with Crippen molar-refractivity contribution in [2.45, 2.75) is 6.92 Å². The smallest absolute Gasteiger partial charge is 0.298 e. The molecule has 24 heavy (non-hydrogen) atoms. The Hall–Kier alpha value is -2.92. The number of aryl methyl sites for hydroxylation is 1. The quantitative estimate of drug-likeness (QED) is 0.567. The molecule has 4 rings (SSSR count). The first-order chi connectivity index (χ1) is 11.6. The van der Waals surface area contributed by atoms with Gasteiger partial charge in [-0.25, -0.2) is 4.98 Å². The fourth-order valence-electron chi connectivity index (χ4n) is 2.65. The highest BCUT2D eigenvalue weighted by Crippen LogP contribution is 2.22. The van der Waals surface area contributed by atoms with Gasteiger partial charge < -0.3 is 4.98 Å². The Morgan fingerprint density at radius 2 is 2.08 bits per heavy atom. The lowest BCUT2D eigenvalue weighted by Crippen LogP contribution is -2.17. The summed E-state index contributed by atoms with van der Waals surface area (Å²) in [5.74, 6) is 0. The van der Waals surface area contributed by atoms with Gasteiger partial charge in [0.1, 0.15) is 17.4 Å². The molecule has 0 radical (unpaired) electrons. The lowest BCUT2D eigenvalue weighted by atomic mass is 10.2. The van der Waals surface area contributed by atoms with Crippen LogP contribution in [0.5, 0.6) is 0 Å². The van der Waals surface area contributed by atoms with Crippen LogP contribution in [0.3, 0.4) is 0 Å². The van der Waals surface area contributed by atoms with Gasteiger partial charge in [-0.1, -0.05) is 41.4 Å². The molecule has 2 aromatic carbocycles. The van der Waals surface area contributed by atoms with Gasteiger partial charge in [-0.15, -0.1) is 0 Å². The average Bonchev–Trinajstić information content (AvgIpc) is 2.94. The SMILES string of the molecule is Cc1ccc2[nH]c3c(=O)n(/N=C/c4ccccc4Cl)cnc3c2c1. The molecular formula is C18H13ClN4O. The standard InChI is InChI=1S/C18H13ClN4O/c1-11-6-7-15-13(8-11)16-17(22-15)18(24)23(10-20-16)21-9-12-4-2-3-5-14(12)19/h2-10,22H,1H3/b21-9+. The summed E-state index contributed by atoms with van der Waals surface area (Å²) in [6, 6.07) is 13.2. The van der Waals surface area contributed by atoms with Gasteiger partial charge in [0.15, 0.2) is 0 Å². The lowest BCUT2D eigenvalue weighted by Gasteiger charge is -1.99. The highest BCUT2D eigenvalue weighted by Gasteiger charge is 2.10. The third kappa shape index (κ3) is 2.39. The lowest BCUT2D eigenvalue weighted by molar-refractivity contribution is 0.815. The second kappa shape index (κ2) is 5.62. The molecule has 0 saturated carbocycles. The van der Waals surface area contributed by atoms with Crippen LogP contribution in [-0.4, -0.2) is 20.9 Å². The molecule has 0 aliphatic rings. The molecule has 5 nitrogen and oxygen atoms in total. The molecule has 2 aromatic heterocycles. The maximum atomic E-state index is 12.6. The summed E-state index contributed by atoms with van der Waals surface area (Å²) in [4.78, 5) is 20.2. The third-order valence-corrected chi connectivity index (χ3v) is 4.22. The van der Waals surface area contributed by atoms with E-state index in [1.807, 2.05) is 43.3 Å². The van der Waals surface area contributed by atoms with Gasteiger partial charge in [-0.05, 0) is 25.1 Å². The monoisotopic (exact) mass is 336 g/mol. The number of rotatable bonds is 2. The molecule has 0 unspecified atom stereocenters. The summed E-state index contributed by atoms with van der Waals surface area (Å²) in [6.07, 6.45) is 2.97. The van der Waals surface area contributed by atoms with Gasteiger partial charge in [0.2, 0.25) is 0 Å². The normalized spacial score (nSPS) is 11.8. The largest absolute Gasteiger partial charge is 0.349 e. The number of halogens is 1. The van der Waals surface area contributed by atoms with Crippen molar-refractivity contribution in [2.24, 2.45) is 5.10 Å². The number of H-pyrrole nitrogens is 1. The second-order valence-corrected chi connectivity index (χ2v) is 5.97. The van der Waals surface area contributed by atoms with Crippen LogP contribution in [0.25, 0.3) is 21.9 Å². The molecule has 2 heterocycles. The Balaban J connectivity index is 1.86. The predicted molar refractivity (Wildman–Crippen MR) is 97.0 cm³/mol. The van der Waals surface area contributed by atoms with Crippen molar-refractivity contribution < 1.29 is 0 Å². The molecule has 0 aliphatic heterocycles. The topological polar surface area (TPSA) is 63.0 Å². The van der Waals surface area contributed by atoms with Crippen molar-refractivity contribution >= 4 is 39.8 Å². The van der Waals surface area contributed by atoms with Gasteiger partial charge >= 0.3 is 0 Å². The molecule has 0 spiro atoms. The Labute approximate surface area is 142 Å². The van der Waals surface area contributed by atoms with Crippen LogP contribution in [-0.2, 0) is 0 Å². The van der Waals surface area contributed by atoms with E-state index in [9.17, 15) is 4.79 Å². The van der Waals surface area contributed by atoms with E-state index in [2.05, 4.69) is 15.1 Å². The van der Waals surface area contributed by atoms with Gasteiger partial charge in [-0.2, -0.15) is 9.78 Å². The van der Waals surface area contributed by atoms with E-state index in [1.165, 1.54) is 11.0 Å². The minimum Gasteiger partial charge on any atom is -0.349 e. The molecule has 0 bridgehead atoms. The summed E-state index contributed by atoms with van der Waals surface area (Å²) < 4.78 is 1.20. The molecule has 4 aromatic rings. The van der Waals surface area contributed by atoms with Crippen LogP contribution < -0.4 is 5.56 Å². The fraction of sp³-hybridized carbons (Fsp3) is 0.0556. The maximum Gasteiger partial charge on any atom is 0.298 e. The Morgan fingerprint density at radius 3 is 2.92 bits per heavy atom. The number of benzene rings is 2. The van der Waals surface area contributed by atoms with Gasteiger partial charge in [-0.3, -0.25) is 4.79 Å². The van der Waals surface area contributed by atoms with Crippen LogP contribution in [0, 0.1) is 6.92 Å². The summed E-state index contributed by atoms with van der Waals surface area (Å²) in [7, 11) is 0. The van der Waals surface area contributed by atoms with E-state index in [4.69, 9.17) is 11.6 Å². The first kappa shape index (κ1) is 14.7. The van der Waals surface area contributed by atoms with Gasteiger partial charge in [0, 0.05) is 21.5 Å². The number of fused-ring (bicyclic) bond motifs is 3. The zero-order chi connectivity index (χ0) is 16.7. The van der Waals surface area contributed by atoms with Crippen LogP contribution in [0.2, 0.25) is 5.02 Å². The van der Waals surface area contributed by atoms with E-state index >= 15 is 0 Å². The molecule has 1 N–H and O–H groups in total. The number of hydrogen-bond acceptors (Lipinski definition) is 3. The zero-order valence-electron chi connectivity index (χ0n) is 12.8. The zero-order valence-corrected chi connectivity index (χ0v) is 13.6. The Bertz CT molecular complexity index is 1160. The molecule has 6 heteroatoms. The van der Waals surface area contributed by atoms with Gasteiger partial charge in [0.05, 0.1) is 6.21 Å². The fourth-order valence-corrected chi connectivity index (χ4v) is 2.83. The van der Waals surface area contributed by atoms with Crippen LogP contribution in [0.1, 0.15) is 11.1 Å². The highest BCUT2D eigenvalue weighted by atomic mass is 35.5. The Morgan fingerprint density at radius 1 is 1.25 bits per heavy atom. The second-order valence-electron chi connectivity index (χ2n) is 5.56. The predicted octanol–water partition coefficient (Wildman–Crippen LogP) is 3.72. The minimum atomic E-state index is -0.253. The summed E-state index contributed by atoms with van der Waals surface area (Å²) in [5, 5.41) is 5.70. The molecule has 0 atom stereocenters. The van der Waals surface area contributed by atoms with Crippen molar-refractivity contribution in [1.29, 1.82) is 0 Å². The first-order valence-corrected chi connectivity index (χ1v) is 7.80. The first-order valence-electron chi connectivity index (χ1n) is 7.42. The third-order valence-electron chi connectivity index (χ3n) is 3.87. The van der Waals surface area contributed by atoms with Crippen molar-refractivity contribution in [3.63, 3.8) is 0 Å². The summed E-state index contributed by atoms with van der Waals surface area (Å²) in [6.45, 7) is 2.01. The van der Waals surface area contributed by atoms with E-state index in [0.29, 0.717) is 16.1 Å². The van der Waals surface area contributed by atoms with Crippen molar-refractivity contribution in [3.05, 3.63) is 75.3 Å². The van der Waals surface area contributed by atoms with E-state index < -0.39 is 0 Å². The van der Waals surface area contributed by atoms with Crippen LogP contribution in [0.15, 0.2) is 58.7 Å². The Kier molecular flexibility index (Phi) is 3.43. The average molecular weight is 337 g/mol. The van der Waals surface area contributed by atoms with E-state index in [0.717, 1.165) is 22.0 Å². The minimum absolute atomic E-state index is 0.253. The molecule has 118 valence electrons. The van der Waals surface area contributed by atoms with Crippen molar-refractivity contribution in [3.8, 4) is 0 Å². The number of hydrogen-bond donors (Lipinski definition) is 1. The molecule has 0 fully saturated rings. The molecule has 0 aliphatic carbocycles. The van der Waals surface area contributed by atoms with Crippen molar-refractivity contribution in [1.82, 2.24) is 14.6 Å². The van der Waals surface area contributed by atoms with Gasteiger partial charge in [0.25, 0.3) is 5.56 Å². The van der Waals surface area contributed by atoms with Crippen LogP contribution in [0.4, 0.5) is 0 Å². The van der Waals surface area contributed by atoms with Crippen LogP contribution >= 0.6 is 11.6 Å². The molecular weight excluding hydrogens is 324 g/mol. The molecule has 0 amide bonds. The number of aromatic amines is 1. The number of nitrogens with one attached hydrogen (secondary N) is 1. The maximum absolute atomic E-state index is 12.6. The summed E-state index contributed by atoms with van der Waals surface area (Å²) >= 11 is 6.09. The van der Waals surface area contributed by atoms with E-state index in [1.54, 1.807) is 12.3 Å². The highest BCUT2D eigenvalue weighted by molar-refractivity contribution is 6.33. The number of aromatic nitrogens is 3. The molecule has 0 saturated heterocycles.